The third-order valence-corrected chi connectivity index (χ3v) is 4.06. The number of nitro benzene ring substituents is 1. The van der Waals surface area contributed by atoms with E-state index in [4.69, 9.17) is 5.84 Å². The standard InChI is InChI=1S/C9H9N5O2S2/c10-12-8-2-1-7(14(15)16)3-6(8)4-17-9-13-11-5-18-9/h1-3,5,12H,4,10H2. The summed E-state index contributed by atoms with van der Waals surface area (Å²) in [4.78, 5) is 10.3. The van der Waals surface area contributed by atoms with Crippen molar-refractivity contribution in [2.45, 2.75) is 10.1 Å². The van der Waals surface area contributed by atoms with Crippen molar-refractivity contribution in [2.24, 2.45) is 5.84 Å². The van der Waals surface area contributed by atoms with Gasteiger partial charge in [0.15, 0.2) is 4.34 Å². The second-order valence-corrected chi connectivity index (χ2v) is 5.29. The highest BCUT2D eigenvalue weighted by Crippen LogP contribution is 2.29. The van der Waals surface area contributed by atoms with Crippen molar-refractivity contribution < 1.29 is 4.92 Å². The fourth-order valence-corrected chi connectivity index (χ4v) is 2.80. The number of hydrazine groups is 1. The minimum atomic E-state index is -0.431. The number of anilines is 1. The topological polar surface area (TPSA) is 107 Å². The lowest BCUT2D eigenvalue weighted by Gasteiger charge is -2.07. The summed E-state index contributed by atoms with van der Waals surface area (Å²) in [7, 11) is 0. The van der Waals surface area contributed by atoms with E-state index in [1.807, 2.05) is 0 Å². The number of nitrogens with one attached hydrogen (secondary N) is 1. The van der Waals surface area contributed by atoms with E-state index in [0.29, 0.717) is 11.4 Å². The number of rotatable bonds is 5. The lowest BCUT2D eigenvalue weighted by atomic mass is 10.2. The monoisotopic (exact) mass is 283 g/mol. The molecule has 1 heterocycles. The third-order valence-electron chi connectivity index (χ3n) is 2.15. The highest BCUT2D eigenvalue weighted by Gasteiger charge is 2.11. The van der Waals surface area contributed by atoms with Crippen molar-refractivity contribution in [3.63, 3.8) is 0 Å². The van der Waals surface area contributed by atoms with Crippen LogP contribution in [-0.2, 0) is 5.75 Å². The Kier molecular flexibility index (Phi) is 4.07. The molecule has 0 fully saturated rings. The molecule has 2 aromatic rings. The van der Waals surface area contributed by atoms with Gasteiger partial charge in [-0.3, -0.25) is 16.0 Å². The number of aromatic nitrogens is 2. The molecule has 0 saturated carbocycles. The van der Waals surface area contributed by atoms with Crippen LogP contribution in [0.5, 0.6) is 0 Å². The number of non-ortho nitro benzene ring substituents is 1. The second kappa shape index (κ2) is 5.76. The summed E-state index contributed by atoms with van der Waals surface area (Å²) in [5, 5.41) is 18.3. The van der Waals surface area contributed by atoms with Crippen molar-refractivity contribution in [3.05, 3.63) is 39.4 Å². The van der Waals surface area contributed by atoms with Crippen molar-refractivity contribution in [2.75, 3.05) is 5.43 Å². The molecular weight excluding hydrogens is 274 g/mol. The normalized spacial score (nSPS) is 10.3. The van der Waals surface area contributed by atoms with E-state index in [1.54, 1.807) is 11.6 Å². The molecule has 3 N–H and O–H groups in total. The molecule has 0 unspecified atom stereocenters. The average molecular weight is 283 g/mol. The van der Waals surface area contributed by atoms with E-state index in [9.17, 15) is 10.1 Å². The van der Waals surface area contributed by atoms with Gasteiger partial charge in [0, 0.05) is 17.9 Å². The number of nitrogens with zero attached hydrogens (tertiary/aromatic N) is 3. The van der Waals surface area contributed by atoms with Gasteiger partial charge in [-0.2, -0.15) is 0 Å². The van der Waals surface area contributed by atoms with Gasteiger partial charge in [-0.25, -0.2) is 0 Å². The number of benzene rings is 1. The molecule has 0 amide bonds. The van der Waals surface area contributed by atoms with Gasteiger partial charge in [0.1, 0.15) is 5.51 Å². The first-order valence-corrected chi connectivity index (χ1v) is 6.70. The minimum Gasteiger partial charge on any atom is -0.324 e. The molecule has 0 radical (unpaired) electrons. The smallest absolute Gasteiger partial charge is 0.269 e. The van der Waals surface area contributed by atoms with E-state index >= 15 is 0 Å². The van der Waals surface area contributed by atoms with Gasteiger partial charge in [0.2, 0.25) is 0 Å². The quantitative estimate of drug-likeness (QED) is 0.374. The first-order chi connectivity index (χ1) is 8.70. The van der Waals surface area contributed by atoms with Gasteiger partial charge in [-0.1, -0.05) is 23.1 Å². The molecular formula is C9H9N5O2S2. The summed E-state index contributed by atoms with van der Waals surface area (Å²) in [6.07, 6.45) is 0. The van der Waals surface area contributed by atoms with Crippen LogP contribution in [0.1, 0.15) is 5.56 Å². The highest BCUT2D eigenvalue weighted by molar-refractivity contribution is 8.00. The van der Waals surface area contributed by atoms with Gasteiger partial charge in [-0.05, 0) is 11.6 Å². The molecule has 0 atom stereocenters. The molecule has 2 rings (SSSR count). The minimum absolute atomic E-state index is 0.0434. The third kappa shape index (κ3) is 2.94. The van der Waals surface area contributed by atoms with Crippen molar-refractivity contribution >= 4 is 34.5 Å². The highest BCUT2D eigenvalue weighted by atomic mass is 32.2. The van der Waals surface area contributed by atoms with Gasteiger partial charge < -0.3 is 5.43 Å². The molecule has 94 valence electrons. The zero-order chi connectivity index (χ0) is 13.0. The van der Waals surface area contributed by atoms with Crippen LogP contribution in [0.15, 0.2) is 28.0 Å². The van der Waals surface area contributed by atoms with E-state index < -0.39 is 4.92 Å². The molecule has 0 aliphatic heterocycles. The Bertz CT molecular complexity index is 546. The predicted molar refractivity (Wildman–Crippen MR) is 70.4 cm³/mol. The Balaban J connectivity index is 2.18. The fourth-order valence-electron chi connectivity index (χ4n) is 1.32. The van der Waals surface area contributed by atoms with Crippen LogP contribution in [0.3, 0.4) is 0 Å². The maximum absolute atomic E-state index is 10.7. The first-order valence-electron chi connectivity index (χ1n) is 4.83. The first kappa shape index (κ1) is 12.7. The number of nitro groups is 1. The molecule has 18 heavy (non-hydrogen) atoms. The zero-order valence-electron chi connectivity index (χ0n) is 9.07. The van der Waals surface area contributed by atoms with Crippen LogP contribution in [0.2, 0.25) is 0 Å². The van der Waals surface area contributed by atoms with Crippen LogP contribution in [0.4, 0.5) is 11.4 Å². The van der Waals surface area contributed by atoms with Gasteiger partial charge in [-0.15, -0.1) is 10.2 Å². The average Bonchev–Trinajstić information content (AvgIpc) is 2.89. The Labute approximate surface area is 111 Å². The Hall–Kier alpha value is -1.71. The van der Waals surface area contributed by atoms with E-state index in [-0.39, 0.29) is 5.69 Å². The van der Waals surface area contributed by atoms with Crippen LogP contribution in [-0.4, -0.2) is 15.1 Å². The van der Waals surface area contributed by atoms with E-state index in [2.05, 4.69) is 15.6 Å². The largest absolute Gasteiger partial charge is 0.324 e. The van der Waals surface area contributed by atoms with Crippen molar-refractivity contribution in [1.82, 2.24) is 10.2 Å². The molecule has 0 saturated heterocycles. The summed E-state index contributed by atoms with van der Waals surface area (Å²) in [6.45, 7) is 0. The zero-order valence-corrected chi connectivity index (χ0v) is 10.7. The Morgan fingerprint density at radius 1 is 1.56 bits per heavy atom. The Morgan fingerprint density at radius 3 is 3.00 bits per heavy atom. The lowest BCUT2D eigenvalue weighted by molar-refractivity contribution is -0.384. The summed E-state index contributed by atoms with van der Waals surface area (Å²) in [5.41, 5.74) is 5.62. The van der Waals surface area contributed by atoms with Gasteiger partial charge in [0.25, 0.3) is 5.69 Å². The predicted octanol–water partition coefficient (Wildman–Crippen LogP) is 2.02. The SMILES string of the molecule is NNc1ccc([N+](=O)[O-])cc1CSc1nncs1. The molecule has 0 bridgehead atoms. The Morgan fingerprint density at radius 2 is 2.39 bits per heavy atom. The maximum Gasteiger partial charge on any atom is 0.269 e. The molecule has 1 aromatic heterocycles. The number of nitrogens with two attached hydrogens (primary N) is 1. The summed E-state index contributed by atoms with van der Waals surface area (Å²) in [5.74, 6) is 5.91. The second-order valence-electron chi connectivity index (χ2n) is 3.24. The molecule has 1 aromatic carbocycles. The van der Waals surface area contributed by atoms with Crippen LogP contribution >= 0.6 is 23.1 Å². The number of nitrogen functional groups attached to an aromatic ring is 1. The van der Waals surface area contributed by atoms with Gasteiger partial charge >= 0.3 is 0 Å². The summed E-state index contributed by atoms with van der Waals surface area (Å²) >= 11 is 2.88. The summed E-state index contributed by atoms with van der Waals surface area (Å²) < 4.78 is 0.810. The number of hydrogen-bond acceptors (Lipinski definition) is 8. The number of thioether (sulfide) groups is 1. The number of hydrogen-bond donors (Lipinski definition) is 2. The molecule has 9 heteroatoms. The van der Waals surface area contributed by atoms with Gasteiger partial charge in [0.05, 0.1) is 10.6 Å². The van der Waals surface area contributed by atoms with Crippen LogP contribution in [0.25, 0.3) is 0 Å². The molecule has 0 aliphatic carbocycles. The fraction of sp³-hybridized carbons (Fsp3) is 0.111. The van der Waals surface area contributed by atoms with Crippen LogP contribution < -0.4 is 11.3 Å². The maximum atomic E-state index is 10.7. The lowest BCUT2D eigenvalue weighted by Crippen LogP contribution is -2.09. The van der Waals surface area contributed by atoms with Crippen LogP contribution in [0, 0.1) is 10.1 Å². The molecule has 7 nitrogen and oxygen atoms in total. The van der Waals surface area contributed by atoms with E-state index in [1.165, 1.54) is 35.2 Å². The molecule has 0 aliphatic rings. The van der Waals surface area contributed by atoms with Crippen molar-refractivity contribution in [3.8, 4) is 0 Å². The molecule has 0 spiro atoms. The summed E-state index contributed by atoms with van der Waals surface area (Å²) in [6, 6.07) is 4.51. The van der Waals surface area contributed by atoms with Crippen molar-refractivity contribution in [1.29, 1.82) is 0 Å². The van der Waals surface area contributed by atoms with E-state index in [0.717, 1.165) is 9.90 Å².